The third-order valence-electron chi connectivity index (χ3n) is 2.64. The van der Waals surface area contributed by atoms with E-state index >= 15 is 0 Å². The van der Waals surface area contributed by atoms with Crippen molar-refractivity contribution < 1.29 is 19.0 Å². The minimum atomic E-state index is -0.274. The minimum Gasteiger partial charge on any atom is -0.490 e. The highest BCUT2D eigenvalue weighted by atomic mass is 16.5. The van der Waals surface area contributed by atoms with E-state index in [0.29, 0.717) is 19.8 Å². The van der Waals surface area contributed by atoms with Crippen molar-refractivity contribution in [1.29, 1.82) is 0 Å². The van der Waals surface area contributed by atoms with E-state index in [0.717, 1.165) is 23.5 Å². The van der Waals surface area contributed by atoms with E-state index in [-0.39, 0.29) is 12.5 Å². The highest BCUT2D eigenvalue weighted by molar-refractivity contribution is 5.71. The predicted molar refractivity (Wildman–Crippen MR) is 65.8 cm³/mol. The number of nitrogens with one attached hydrogen (secondary N) is 1. The van der Waals surface area contributed by atoms with Gasteiger partial charge in [0.15, 0.2) is 11.5 Å². The van der Waals surface area contributed by atoms with Crippen LogP contribution in [0.3, 0.4) is 0 Å². The van der Waals surface area contributed by atoms with Crippen molar-refractivity contribution in [2.24, 2.45) is 0 Å². The van der Waals surface area contributed by atoms with E-state index in [2.05, 4.69) is 10.1 Å². The van der Waals surface area contributed by atoms with Crippen molar-refractivity contribution >= 4 is 5.97 Å². The Morgan fingerprint density at radius 2 is 2.11 bits per heavy atom. The fourth-order valence-electron chi connectivity index (χ4n) is 1.70. The Morgan fingerprint density at radius 1 is 1.33 bits per heavy atom. The molecule has 0 spiro atoms. The Morgan fingerprint density at radius 3 is 2.89 bits per heavy atom. The second-order valence-corrected chi connectivity index (χ2v) is 4.01. The average Bonchev–Trinajstić information content (AvgIpc) is 2.63. The van der Waals surface area contributed by atoms with Gasteiger partial charge >= 0.3 is 5.97 Å². The Labute approximate surface area is 106 Å². The lowest BCUT2D eigenvalue weighted by Gasteiger charge is -2.09. The van der Waals surface area contributed by atoms with E-state index < -0.39 is 0 Å². The molecular weight excluding hydrogens is 234 g/mol. The molecule has 1 heterocycles. The first-order chi connectivity index (χ1) is 8.79. The third-order valence-corrected chi connectivity index (χ3v) is 2.64. The first-order valence-electron chi connectivity index (χ1n) is 5.95. The van der Waals surface area contributed by atoms with Gasteiger partial charge in [0, 0.05) is 13.0 Å². The summed E-state index contributed by atoms with van der Waals surface area (Å²) in [6.07, 6.45) is 0.893. The second kappa shape index (κ2) is 6.26. The molecule has 1 aromatic rings. The standard InChI is InChI=1S/C13H17NO4/c1-16-13(15)9-14-8-10-3-4-11-12(7-10)18-6-2-5-17-11/h3-4,7,14H,2,5-6,8-9H2,1H3. The van der Waals surface area contributed by atoms with Gasteiger partial charge in [-0.15, -0.1) is 0 Å². The van der Waals surface area contributed by atoms with Crippen LogP contribution in [0, 0.1) is 0 Å². The largest absolute Gasteiger partial charge is 0.490 e. The Balaban J connectivity index is 1.93. The first kappa shape index (κ1) is 12.7. The number of rotatable bonds is 4. The summed E-state index contributed by atoms with van der Waals surface area (Å²) in [7, 11) is 1.37. The van der Waals surface area contributed by atoms with Crippen molar-refractivity contribution in [2.75, 3.05) is 26.9 Å². The zero-order chi connectivity index (χ0) is 12.8. The quantitative estimate of drug-likeness (QED) is 0.812. The topological polar surface area (TPSA) is 56.8 Å². The van der Waals surface area contributed by atoms with Crippen molar-refractivity contribution in [1.82, 2.24) is 5.32 Å². The number of benzene rings is 1. The molecule has 0 aliphatic carbocycles. The average molecular weight is 251 g/mol. The molecule has 1 aromatic carbocycles. The number of hydrogen-bond acceptors (Lipinski definition) is 5. The minimum absolute atomic E-state index is 0.199. The number of carbonyl (C=O) groups is 1. The summed E-state index contributed by atoms with van der Waals surface area (Å²) in [6, 6.07) is 5.79. The predicted octanol–water partition coefficient (Wildman–Crippen LogP) is 1.11. The summed E-state index contributed by atoms with van der Waals surface area (Å²) in [5, 5.41) is 3.00. The molecule has 5 nitrogen and oxygen atoms in total. The number of methoxy groups -OCH3 is 1. The van der Waals surface area contributed by atoms with Crippen molar-refractivity contribution in [3.8, 4) is 11.5 Å². The number of carbonyl (C=O) groups excluding carboxylic acids is 1. The van der Waals surface area contributed by atoms with Gasteiger partial charge in [-0.2, -0.15) is 0 Å². The molecule has 1 N–H and O–H groups in total. The zero-order valence-corrected chi connectivity index (χ0v) is 10.4. The van der Waals surface area contributed by atoms with Crippen LogP contribution in [0.4, 0.5) is 0 Å². The van der Waals surface area contributed by atoms with E-state index in [9.17, 15) is 4.79 Å². The number of hydrogen-bond donors (Lipinski definition) is 1. The highest BCUT2D eigenvalue weighted by Gasteiger charge is 2.10. The van der Waals surface area contributed by atoms with Gasteiger partial charge in [-0.1, -0.05) is 6.07 Å². The SMILES string of the molecule is COC(=O)CNCc1ccc2c(c1)OCCCO2. The normalized spacial score (nSPS) is 13.8. The number of esters is 1. The maximum Gasteiger partial charge on any atom is 0.319 e. The first-order valence-corrected chi connectivity index (χ1v) is 5.95. The molecule has 0 radical (unpaired) electrons. The van der Waals surface area contributed by atoms with Crippen LogP contribution < -0.4 is 14.8 Å². The summed E-state index contributed by atoms with van der Waals surface area (Å²) in [5.41, 5.74) is 1.04. The van der Waals surface area contributed by atoms with Crippen LogP contribution in [-0.4, -0.2) is 32.8 Å². The molecule has 5 heteroatoms. The van der Waals surface area contributed by atoms with Gasteiger partial charge in [-0.05, 0) is 17.7 Å². The van der Waals surface area contributed by atoms with Gasteiger partial charge < -0.3 is 19.5 Å². The monoisotopic (exact) mass is 251 g/mol. The fourth-order valence-corrected chi connectivity index (χ4v) is 1.70. The highest BCUT2D eigenvalue weighted by Crippen LogP contribution is 2.30. The van der Waals surface area contributed by atoms with E-state index in [1.54, 1.807) is 0 Å². The van der Waals surface area contributed by atoms with Crippen LogP contribution in [0.25, 0.3) is 0 Å². The maximum atomic E-state index is 11.0. The van der Waals surface area contributed by atoms with Gasteiger partial charge in [0.1, 0.15) is 0 Å². The van der Waals surface area contributed by atoms with Crippen molar-refractivity contribution in [2.45, 2.75) is 13.0 Å². The van der Waals surface area contributed by atoms with E-state index in [1.165, 1.54) is 7.11 Å². The fraction of sp³-hybridized carbons (Fsp3) is 0.462. The smallest absolute Gasteiger partial charge is 0.319 e. The second-order valence-electron chi connectivity index (χ2n) is 4.01. The number of fused-ring (bicyclic) bond motifs is 1. The van der Waals surface area contributed by atoms with Gasteiger partial charge in [0.25, 0.3) is 0 Å². The van der Waals surface area contributed by atoms with Gasteiger partial charge in [0.05, 0.1) is 26.9 Å². The zero-order valence-electron chi connectivity index (χ0n) is 10.4. The van der Waals surface area contributed by atoms with Gasteiger partial charge in [0.2, 0.25) is 0 Å². The van der Waals surface area contributed by atoms with Crippen LogP contribution in [0.15, 0.2) is 18.2 Å². The molecule has 2 rings (SSSR count). The molecule has 0 saturated heterocycles. The molecule has 0 saturated carbocycles. The molecule has 0 atom stereocenters. The summed E-state index contributed by atoms with van der Waals surface area (Å²) < 4.78 is 15.7. The molecule has 0 fully saturated rings. The molecular formula is C13H17NO4. The lowest BCUT2D eigenvalue weighted by Crippen LogP contribution is -2.23. The van der Waals surface area contributed by atoms with Crippen LogP contribution >= 0.6 is 0 Å². The summed E-state index contributed by atoms with van der Waals surface area (Å²) in [5.74, 6) is 1.28. The number of ether oxygens (including phenoxy) is 3. The van der Waals surface area contributed by atoms with Crippen molar-refractivity contribution in [3.63, 3.8) is 0 Å². The molecule has 0 bridgehead atoms. The molecule has 98 valence electrons. The Hall–Kier alpha value is -1.75. The van der Waals surface area contributed by atoms with Crippen LogP contribution in [-0.2, 0) is 16.1 Å². The van der Waals surface area contributed by atoms with Crippen LogP contribution in [0.2, 0.25) is 0 Å². The lowest BCUT2D eigenvalue weighted by molar-refractivity contribution is -0.139. The molecule has 0 unspecified atom stereocenters. The molecule has 18 heavy (non-hydrogen) atoms. The molecule has 0 aromatic heterocycles. The van der Waals surface area contributed by atoms with E-state index in [4.69, 9.17) is 9.47 Å². The Bertz CT molecular complexity index is 419. The molecule has 1 aliphatic rings. The lowest BCUT2D eigenvalue weighted by atomic mass is 10.2. The Kier molecular flexibility index (Phi) is 4.41. The van der Waals surface area contributed by atoms with Crippen molar-refractivity contribution in [3.05, 3.63) is 23.8 Å². The van der Waals surface area contributed by atoms with Gasteiger partial charge in [-0.3, -0.25) is 4.79 Å². The van der Waals surface area contributed by atoms with E-state index in [1.807, 2.05) is 18.2 Å². The summed E-state index contributed by atoms with van der Waals surface area (Å²) in [6.45, 7) is 2.15. The van der Waals surface area contributed by atoms with Gasteiger partial charge in [-0.25, -0.2) is 0 Å². The summed E-state index contributed by atoms with van der Waals surface area (Å²) >= 11 is 0. The van der Waals surface area contributed by atoms with Crippen LogP contribution in [0.5, 0.6) is 11.5 Å². The molecule has 0 amide bonds. The maximum absolute atomic E-state index is 11.0. The third kappa shape index (κ3) is 3.37. The molecule has 1 aliphatic heterocycles. The van der Waals surface area contributed by atoms with Crippen LogP contribution in [0.1, 0.15) is 12.0 Å². The summed E-state index contributed by atoms with van der Waals surface area (Å²) in [4.78, 5) is 11.0.